The zero-order valence-electron chi connectivity index (χ0n) is 10.8. The molecule has 3 aromatic rings. The minimum atomic E-state index is -0.912. The number of benzene rings is 2. The molecule has 106 valence electrons. The van der Waals surface area contributed by atoms with Gasteiger partial charge in [-0.15, -0.1) is 5.10 Å². The fourth-order valence-electron chi connectivity index (χ4n) is 2.08. The lowest BCUT2D eigenvalue weighted by molar-refractivity contribution is 0.212. The average Bonchev–Trinajstić information content (AvgIpc) is 2.99. The Morgan fingerprint density at radius 2 is 1.90 bits per heavy atom. The van der Waals surface area contributed by atoms with E-state index in [0.717, 1.165) is 10.2 Å². The molecule has 0 fully saturated rings. The van der Waals surface area contributed by atoms with E-state index in [1.165, 1.54) is 6.20 Å². The molecule has 1 unspecified atom stereocenters. The molecule has 0 saturated heterocycles. The third kappa shape index (κ3) is 2.85. The number of para-hydroxylation sites is 1. The van der Waals surface area contributed by atoms with E-state index in [9.17, 15) is 5.11 Å². The number of halogens is 2. The molecule has 0 aliphatic carbocycles. The Hall–Kier alpha value is -1.69. The molecular formula is C15H11BrClN3O. The first-order valence-corrected chi connectivity index (χ1v) is 7.43. The lowest BCUT2D eigenvalue weighted by Crippen LogP contribution is -2.09. The molecule has 1 N–H and O–H groups in total. The number of hydrogen-bond acceptors (Lipinski definition) is 3. The maximum atomic E-state index is 10.6. The summed E-state index contributed by atoms with van der Waals surface area (Å²) in [7, 11) is 0. The average molecular weight is 365 g/mol. The molecule has 3 rings (SSSR count). The standard InChI is InChI=1S/C15H11BrClN3O/c16-10-6-7-13(17)12(8-10)15(21)14-9-18-19-20(14)11-4-2-1-3-5-11/h1-9,15,21H. The van der Waals surface area contributed by atoms with E-state index in [-0.39, 0.29) is 0 Å². The van der Waals surface area contributed by atoms with E-state index in [4.69, 9.17) is 11.6 Å². The molecule has 1 atom stereocenters. The van der Waals surface area contributed by atoms with Crippen molar-refractivity contribution in [2.24, 2.45) is 0 Å². The van der Waals surface area contributed by atoms with Crippen molar-refractivity contribution in [2.75, 3.05) is 0 Å². The molecule has 4 nitrogen and oxygen atoms in total. The Morgan fingerprint density at radius 1 is 1.14 bits per heavy atom. The summed E-state index contributed by atoms with van der Waals surface area (Å²) in [5, 5.41) is 19.0. The third-order valence-electron chi connectivity index (χ3n) is 3.11. The molecule has 0 aliphatic rings. The van der Waals surface area contributed by atoms with Crippen LogP contribution in [0.15, 0.2) is 59.2 Å². The zero-order valence-corrected chi connectivity index (χ0v) is 13.2. The fourth-order valence-corrected chi connectivity index (χ4v) is 2.68. The van der Waals surface area contributed by atoms with Gasteiger partial charge in [-0.1, -0.05) is 50.9 Å². The first kappa shape index (κ1) is 14.3. The van der Waals surface area contributed by atoms with Gasteiger partial charge in [0.15, 0.2) is 0 Å². The molecule has 0 saturated carbocycles. The Balaban J connectivity index is 2.06. The molecule has 0 bridgehead atoms. The molecule has 0 aliphatic heterocycles. The predicted molar refractivity (Wildman–Crippen MR) is 84.6 cm³/mol. The molecule has 0 radical (unpaired) electrons. The summed E-state index contributed by atoms with van der Waals surface area (Å²) in [4.78, 5) is 0. The molecule has 6 heteroatoms. The Kier molecular flexibility index (Phi) is 4.05. The van der Waals surface area contributed by atoms with Gasteiger partial charge in [0.1, 0.15) is 6.10 Å². The molecule has 0 amide bonds. The SMILES string of the molecule is OC(c1cc(Br)ccc1Cl)c1cnnn1-c1ccccc1. The maximum absolute atomic E-state index is 10.6. The van der Waals surface area contributed by atoms with Crippen LogP contribution in [0, 0.1) is 0 Å². The van der Waals surface area contributed by atoms with Gasteiger partial charge in [0.2, 0.25) is 0 Å². The van der Waals surface area contributed by atoms with Gasteiger partial charge in [-0.2, -0.15) is 0 Å². The van der Waals surface area contributed by atoms with Crippen molar-refractivity contribution >= 4 is 27.5 Å². The minimum absolute atomic E-state index is 0.492. The van der Waals surface area contributed by atoms with Crippen LogP contribution in [-0.4, -0.2) is 20.1 Å². The third-order valence-corrected chi connectivity index (χ3v) is 3.95. The van der Waals surface area contributed by atoms with Crippen molar-refractivity contribution in [3.8, 4) is 5.69 Å². The van der Waals surface area contributed by atoms with Crippen molar-refractivity contribution < 1.29 is 5.11 Å². The molecule has 21 heavy (non-hydrogen) atoms. The molecule has 0 spiro atoms. The summed E-state index contributed by atoms with van der Waals surface area (Å²) in [6, 6.07) is 14.9. The van der Waals surface area contributed by atoms with Gasteiger partial charge in [0.25, 0.3) is 0 Å². The Morgan fingerprint density at radius 3 is 2.67 bits per heavy atom. The van der Waals surface area contributed by atoms with Crippen LogP contribution in [0.2, 0.25) is 5.02 Å². The van der Waals surface area contributed by atoms with Crippen LogP contribution < -0.4 is 0 Å². The van der Waals surface area contributed by atoms with Gasteiger partial charge >= 0.3 is 0 Å². The van der Waals surface area contributed by atoms with Gasteiger partial charge < -0.3 is 5.11 Å². The first-order chi connectivity index (χ1) is 10.2. The van der Waals surface area contributed by atoms with E-state index < -0.39 is 6.10 Å². The smallest absolute Gasteiger partial charge is 0.124 e. The maximum Gasteiger partial charge on any atom is 0.124 e. The van der Waals surface area contributed by atoms with Crippen molar-refractivity contribution in [1.82, 2.24) is 15.0 Å². The van der Waals surface area contributed by atoms with E-state index in [2.05, 4.69) is 26.2 Å². The van der Waals surface area contributed by atoms with Crippen molar-refractivity contribution in [1.29, 1.82) is 0 Å². The second-order valence-electron chi connectivity index (χ2n) is 4.47. The van der Waals surface area contributed by atoms with Crippen molar-refractivity contribution in [2.45, 2.75) is 6.10 Å². The van der Waals surface area contributed by atoms with Gasteiger partial charge in [0, 0.05) is 15.1 Å². The fraction of sp³-hybridized carbons (Fsp3) is 0.0667. The normalized spacial score (nSPS) is 12.3. The van der Waals surface area contributed by atoms with Crippen LogP contribution in [0.3, 0.4) is 0 Å². The summed E-state index contributed by atoms with van der Waals surface area (Å²) in [6.07, 6.45) is 0.625. The number of nitrogens with zero attached hydrogens (tertiary/aromatic N) is 3. The second kappa shape index (κ2) is 5.97. The van der Waals surface area contributed by atoms with Crippen LogP contribution in [0.1, 0.15) is 17.4 Å². The van der Waals surface area contributed by atoms with E-state index in [1.807, 2.05) is 36.4 Å². The lowest BCUT2D eigenvalue weighted by atomic mass is 10.1. The number of aromatic nitrogens is 3. The zero-order chi connectivity index (χ0) is 14.8. The van der Waals surface area contributed by atoms with Gasteiger partial charge in [-0.3, -0.25) is 0 Å². The van der Waals surface area contributed by atoms with Crippen molar-refractivity contribution in [3.05, 3.63) is 75.5 Å². The van der Waals surface area contributed by atoms with E-state index in [1.54, 1.807) is 16.8 Å². The summed E-state index contributed by atoms with van der Waals surface area (Å²) >= 11 is 9.56. The van der Waals surface area contributed by atoms with Gasteiger partial charge in [0.05, 0.1) is 17.6 Å². The second-order valence-corrected chi connectivity index (χ2v) is 5.80. The quantitative estimate of drug-likeness (QED) is 0.770. The topological polar surface area (TPSA) is 50.9 Å². The molecule has 2 aromatic carbocycles. The predicted octanol–water partition coefficient (Wildman–Crippen LogP) is 3.76. The van der Waals surface area contributed by atoms with Crippen molar-refractivity contribution in [3.63, 3.8) is 0 Å². The van der Waals surface area contributed by atoms with Gasteiger partial charge in [-0.05, 0) is 30.3 Å². The van der Waals surface area contributed by atoms with Gasteiger partial charge in [-0.25, -0.2) is 4.68 Å². The van der Waals surface area contributed by atoms with Crippen LogP contribution >= 0.6 is 27.5 Å². The largest absolute Gasteiger partial charge is 0.382 e. The van der Waals surface area contributed by atoms with Crippen LogP contribution in [0.25, 0.3) is 5.69 Å². The highest BCUT2D eigenvalue weighted by Crippen LogP contribution is 2.31. The summed E-state index contributed by atoms with van der Waals surface area (Å²) in [6.45, 7) is 0. The minimum Gasteiger partial charge on any atom is -0.382 e. The number of aliphatic hydroxyl groups is 1. The molecule has 1 aromatic heterocycles. The summed E-state index contributed by atoms with van der Waals surface area (Å²) in [5.41, 5.74) is 1.99. The monoisotopic (exact) mass is 363 g/mol. The number of rotatable bonds is 3. The number of aliphatic hydroxyl groups excluding tert-OH is 1. The highest BCUT2D eigenvalue weighted by Gasteiger charge is 2.20. The molecule has 1 heterocycles. The summed E-state index contributed by atoms with van der Waals surface area (Å²) in [5.74, 6) is 0. The van der Waals surface area contributed by atoms with Crippen LogP contribution in [-0.2, 0) is 0 Å². The van der Waals surface area contributed by atoms with Crippen LogP contribution in [0.5, 0.6) is 0 Å². The number of hydrogen-bond donors (Lipinski definition) is 1. The highest BCUT2D eigenvalue weighted by molar-refractivity contribution is 9.10. The van der Waals surface area contributed by atoms with E-state index in [0.29, 0.717) is 16.3 Å². The van der Waals surface area contributed by atoms with E-state index >= 15 is 0 Å². The Bertz CT molecular complexity index is 761. The Labute approximate surface area is 135 Å². The van der Waals surface area contributed by atoms with Crippen LogP contribution in [0.4, 0.5) is 0 Å². The summed E-state index contributed by atoms with van der Waals surface area (Å²) < 4.78 is 2.45. The lowest BCUT2D eigenvalue weighted by Gasteiger charge is -2.14. The first-order valence-electron chi connectivity index (χ1n) is 6.26. The highest BCUT2D eigenvalue weighted by atomic mass is 79.9. The molecular weight excluding hydrogens is 354 g/mol.